The highest BCUT2D eigenvalue weighted by Gasteiger charge is 2.14. The fraction of sp³-hybridized carbons (Fsp3) is 0.250. The Labute approximate surface area is 114 Å². The van der Waals surface area contributed by atoms with Crippen LogP contribution in [-0.2, 0) is 6.42 Å². The summed E-state index contributed by atoms with van der Waals surface area (Å²) < 4.78 is 0. The maximum atomic E-state index is 11.9. The van der Waals surface area contributed by atoms with Crippen LogP contribution in [0, 0.1) is 17.0 Å². The lowest BCUT2D eigenvalue weighted by Gasteiger charge is -2.04. The van der Waals surface area contributed by atoms with E-state index in [1.165, 1.54) is 18.2 Å². The average molecular weight is 275 g/mol. The molecule has 1 heterocycles. The molecule has 0 fully saturated rings. The molecule has 1 amide bonds. The summed E-state index contributed by atoms with van der Waals surface area (Å²) in [6.45, 7) is 3.50. The van der Waals surface area contributed by atoms with E-state index in [2.05, 4.69) is 20.5 Å². The lowest BCUT2D eigenvalue weighted by atomic mass is 10.2. The fourth-order valence-electron chi connectivity index (χ4n) is 1.68. The first-order valence-corrected chi connectivity index (χ1v) is 5.99. The molecule has 8 nitrogen and oxygen atoms in total. The van der Waals surface area contributed by atoms with E-state index in [1.807, 2.05) is 6.92 Å². The molecular weight excluding hydrogens is 262 g/mol. The molecule has 8 heteroatoms. The number of H-pyrrole nitrogens is 1. The Kier molecular flexibility index (Phi) is 3.74. The number of nitrogens with one attached hydrogen (secondary N) is 2. The van der Waals surface area contributed by atoms with Gasteiger partial charge in [-0.1, -0.05) is 6.92 Å². The number of amides is 1. The number of nitrogens with zero attached hydrogens (tertiary/aromatic N) is 3. The van der Waals surface area contributed by atoms with Crippen molar-refractivity contribution in [2.24, 2.45) is 0 Å². The third kappa shape index (κ3) is 2.79. The quantitative estimate of drug-likeness (QED) is 0.652. The molecule has 0 radical (unpaired) electrons. The number of benzene rings is 1. The molecule has 0 aliphatic rings. The predicted octanol–water partition coefficient (Wildman–Crippen LogP) is 1.84. The number of anilines is 1. The highest BCUT2D eigenvalue weighted by molar-refractivity contribution is 6.01. The van der Waals surface area contributed by atoms with E-state index in [4.69, 9.17) is 0 Å². The standard InChI is InChI=1S/C12H13N5O3/c1-3-10-14-11(16-15-10)12(18)13-8-4-5-9(17(19)20)7(2)6-8/h4-6H,3H2,1-2H3,(H,13,18)(H,14,15,16). The van der Waals surface area contributed by atoms with Gasteiger partial charge in [0, 0.05) is 23.7 Å². The summed E-state index contributed by atoms with van der Waals surface area (Å²) in [6.07, 6.45) is 0.650. The van der Waals surface area contributed by atoms with Crippen molar-refractivity contribution in [1.82, 2.24) is 15.2 Å². The number of hydrogen-bond donors (Lipinski definition) is 2. The van der Waals surface area contributed by atoms with Crippen molar-refractivity contribution in [3.63, 3.8) is 0 Å². The van der Waals surface area contributed by atoms with E-state index in [0.717, 1.165) is 0 Å². The first-order valence-electron chi connectivity index (χ1n) is 5.99. The topological polar surface area (TPSA) is 114 Å². The van der Waals surface area contributed by atoms with E-state index in [-0.39, 0.29) is 11.5 Å². The van der Waals surface area contributed by atoms with Gasteiger partial charge in [0.1, 0.15) is 5.82 Å². The normalized spacial score (nSPS) is 10.3. The number of rotatable bonds is 4. The monoisotopic (exact) mass is 275 g/mol. The van der Waals surface area contributed by atoms with Gasteiger partial charge in [-0.25, -0.2) is 4.98 Å². The lowest BCUT2D eigenvalue weighted by Crippen LogP contribution is -2.14. The molecular formula is C12H13N5O3. The zero-order valence-electron chi connectivity index (χ0n) is 11.0. The number of hydrogen-bond acceptors (Lipinski definition) is 5. The molecule has 2 N–H and O–H groups in total. The maximum absolute atomic E-state index is 11.9. The minimum absolute atomic E-state index is 0.00848. The largest absolute Gasteiger partial charge is 0.319 e. The molecule has 0 saturated heterocycles. The maximum Gasteiger partial charge on any atom is 0.295 e. The average Bonchev–Trinajstić information content (AvgIpc) is 2.87. The molecule has 0 aliphatic carbocycles. The second-order valence-corrected chi connectivity index (χ2v) is 4.17. The Morgan fingerprint density at radius 2 is 2.25 bits per heavy atom. The van der Waals surface area contributed by atoms with Gasteiger partial charge in [-0.15, -0.1) is 5.10 Å². The van der Waals surface area contributed by atoms with Gasteiger partial charge in [-0.3, -0.25) is 20.0 Å². The van der Waals surface area contributed by atoms with Crippen molar-refractivity contribution in [1.29, 1.82) is 0 Å². The summed E-state index contributed by atoms with van der Waals surface area (Å²) in [6, 6.07) is 4.35. The molecule has 0 atom stereocenters. The number of carbonyl (C=O) groups is 1. The van der Waals surface area contributed by atoms with Gasteiger partial charge in [0.2, 0.25) is 5.82 Å². The van der Waals surface area contributed by atoms with Crippen molar-refractivity contribution in [2.75, 3.05) is 5.32 Å². The van der Waals surface area contributed by atoms with E-state index in [9.17, 15) is 14.9 Å². The Morgan fingerprint density at radius 3 is 2.80 bits per heavy atom. The first-order chi connectivity index (χ1) is 9.51. The van der Waals surface area contributed by atoms with E-state index >= 15 is 0 Å². The Hall–Kier alpha value is -2.77. The number of nitro groups is 1. The minimum atomic E-state index is -0.469. The zero-order chi connectivity index (χ0) is 14.7. The Bertz CT molecular complexity index is 665. The van der Waals surface area contributed by atoms with Crippen LogP contribution in [0.15, 0.2) is 18.2 Å². The SMILES string of the molecule is CCc1nc(C(=O)Nc2ccc([N+](=O)[O-])c(C)c2)n[nH]1. The molecule has 104 valence electrons. The molecule has 1 aromatic carbocycles. The summed E-state index contributed by atoms with van der Waals surface area (Å²) in [5.74, 6) is 0.196. The van der Waals surface area contributed by atoms with Crippen LogP contribution >= 0.6 is 0 Å². The van der Waals surface area contributed by atoms with Crippen LogP contribution in [0.1, 0.15) is 28.9 Å². The number of nitro benzene ring substituents is 1. The molecule has 0 saturated carbocycles. The second kappa shape index (κ2) is 5.47. The third-order valence-electron chi connectivity index (χ3n) is 2.72. The van der Waals surface area contributed by atoms with Crippen molar-refractivity contribution >= 4 is 17.3 Å². The summed E-state index contributed by atoms with van der Waals surface area (Å²) >= 11 is 0. The van der Waals surface area contributed by atoms with Crippen molar-refractivity contribution in [3.8, 4) is 0 Å². The molecule has 0 aliphatic heterocycles. The van der Waals surface area contributed by atoms with Crippen LogP contribution in [0.3, 0.4) is 0 Å². The summed E-state index contributed by atoms with van der Waals surface area (Å²) in [7, 11) is 0. The lowest BCUT2D eigenvalue weighted by molar-refractivity contribution is -0.385. The van der Waals surface area contributed by atoms with Crippen LogP contribution in [0.4, 0.5) is 11.4 Å². The van der Waals surface area contributed by atoms with Gasteiger partial charge < -0.3 is 5.32 Å². The van der Waals surface area contributed by atoms with Crippen LogP contribution in [0.2, 0.25) is 0 Å². The molecule has 2 rings (SSSR count). The third-order valence-corrected chi connectivity index (χ3v) is 2.72. The van der Waals surface area contributed by atoms with Gasteiger partial charge in [-0.2, -0.15) is 0 Å². The van der Waals surface area contributed by atoms with Gasteiger partial charge in [-0.05, 0) is 19.1 Å². The number of carbonyl (C=O) groups excluding carboxylic acids is 1. The summed E-state index contributed by atoms with van der Waals surface area (Å²) in [4.78, 5) is 26.1. The van der Waals surface area contributed by atoms with Crippen LogP contribution < -0.4 is 5.32 Å². The molecule has 1 aromatic heterocycles. The van der Waals surface area contributed by atoms with Crippen molar-refractivity contribution < 1.29 is 9.72 Å². The fourth-order valence-corrected chi connectivity index (χ4v) is 1.68. The van der Waals surface area contributed by atoms with Crippen LogP contribution in [0.5, 0.6) is 0 Å². The number of aromatic amines is 1. The summed E-state index contributed by atoms with van der Waals surface area (Å²) in [5, 5.41) is 19.7. The molecule has 0 bridgehead atoms. The minimum Gasteiger partial charge on any atom is -0.319 e. The number of aryl methyl sites for hydroxylation is 2. The van der Waals surface area contributed by atoms with E-state index in [1.54, 1.807) is 6.92 Å². The van der Waals surface area contributed by atoms with Gasteiger partial charge in [0.25, 0.3) is 11.6 Å². The zero-order valence-corrected chi connectivity index (χ0v) is 11.0. The number of aromatic nitrogens is 3. The van der Waals surface area contributed by atoms with Crippen molar-refractivity contribution in [2.45, 2.75) is 20.3 Å². The molecule has 0 spiro atoms. The molecule has 20 heavy (non-hydrogen) atoms. The Balaban J connectivity index is 2.15. The molecule has 2 aromatic rings. The van der Waals surface area contributed by atoms with Gasteiger partial charge in [0.05, 0.1) is 4.92 Å². The van der Waals surface area contributed by atoms with Crippen LogP contribution in [0.25, 0.3) is 0 Å². The smallest absolute Gasteiger partial charge is 0.295 e. The highest BCUT2D eigenvalue weighted by Crippen LogP contribution is 2.21. The predicted molar refractivity (Wildman–Crippen MR) is 71.5 cm³/mol. The van der Waals surface area contributed by atoms with Crippen LogP contribution in [-0.4, -0.2) is 26.0 Å². The van der Waals surface area contributed by atoms with E-state index < -0.39 is 10.8 Å². The van der Waals surface area contributed by atoms with Gasteiger partial charge in [0.15, 0.2) is 0 Å². The Morgan fingerprint density at radius 1 is 1.50 bits per heavy atom. The summed E-state index contributed by atoms with van der Waals surface area (Å²) in [5.41, 5.74) is 0.937. The van der Waals surface area contributed by atoms with Crippen molar-refractivity contribution in [3.05, 3.63) is 45.5 Å². The molecule has 0 unspecified atom stereocenters. The first kappa shape index (κ1) is 13.7. The van der Waals surface area contributed by atoms with Gasteiger partial charge >= 0.3 is 0 Å². The van der Waals surface area contributed by atoms with E-state index in [0.29, 0.717) is 23.5 Å². The second-order valence-electron chi connectivity index (χ2n) is 4.17. The highest BCUT2D eigenvalue weighted by atomic mass is 16.6.